The third-order valence-corrected chi connectivity index (χ3v) is 4.22. The van der Waals surface area contributed by atoms with Crippen LogP contribution in [0.15, 0.2) is 36.4 Å². The largest absolute Gasteiger partial charge is 0.325 e. The minimum absolute atomic E-state index is 0.00426. The van der Waals surface area contributed by atoms with Crippen LogP contribution in [0.25, 0.3) is 0 Å². The van der Waals surface area contributed by atoms with Gasteiger partial charge >= 0.3 is 0 Å². The molecule has 0 fully saturated rings. The molecule has 3 N–H and O–H groups in total. The molecule has 1 heterocycles. The number of benzene rings is 2. The molecule has 20 heavy (non-hydrogen) atoms. The molecule has 1 aliphatic heterocycles. The highest BCUT2D eigenvalue weighted by Crippen LogP contribution is 2.38. The van der Waals surface area contributed by atoms with E-state index in [2.05, 4.69) is 5.32 Å². The molecule has 1 atom stereocenters. The Balaban J connectivity index is 2.10. The lowest BCUT2D eigenvalue weighted by molar-refractivity contribution is -0.115. The van der Waals surface area contributed by atoms with Crippen LogP contribution in [0.2, 0.25) is 5.02 Å². The zero-order chi connectivity index (χ0) is 14.3. The van der Waals surface area contributed by atoms with Gasteiger partial charge in [-0.15, -0.1) is 0 Å². The Hall–Kier alpha value is -1.84. The molecule has 0 spiro atoms. The first kappa shape index (κ1) is 13.2. The standard InChI is InChI=1S/C16H15ClN2O/c1-9-14(17)12(7-11-8-13(20)19-16(9)11)15(18)10-5-3-2-4-6-10/h2-7,15H,8,18H2,1H3,(H,19,20). The molecule has 0 saturated carbocycles. The van der Waals surface area contributed by atoms with E-state index in [4.69, 9.17) is 17.3 Å². The fraction of sp³-hybridized carbons (Fsp3) is 0.188. The zero-order valence-electron chi connectivity index (χ0n) is 11.1. The van der Waals surface area contributed by atoms with Crippen LogP contribution in [0.4, 0.5) is 5.69 Å². The van der Waals surface area contributed by atoms with Gasteiger partial charge in [0.1, 0.15) is 0 Å². The highest BCUT2D eigenvalue weighted by atomic mass is 35.5. The van der Waals surface area contributed by atoms with Crippen LogP contribution < -0.4 is 11.1 Å². The van der Waals surface area contributed by atoms with Crippen LogP contribution in [0.3, 0.4) is 0 Å². The predicted octanol–water partition coefficient (Wildman–Crippen LogP) is 3.19. The molecule has 0 aromatic heterocycles. The summed E-state index contributed by atoms with van der Waals surface area (Å²) in [5, 5.41) is 3.48. The summed E-state index contributed by atoms with van der Waals surface area (Å²) in [4.78, 5) is 11.5. The zero-order valence-corrected chi connectivity index (χ0v) is 11.9. The minimum atomic E-state index is -0.289. The number of nitrogens with one attached hydrogen (secondary N) is 1. The number of carbonyl (C=O) groups is 1. The average molecular weight is 287 g/mol. The van der Waals surface area contributed by atoms with Gasteiger partial charge in [0.15, 0.2) is 0 Å². The SMILES string of the molecule is Cc1c(Cl)c(C(N)c2ccccc2)cc2c1NC(=O)C2. The van der Waals surface area contributed by atoms with Gasteiger partial charge in [-0.1, -0.05) is 41.9 Å². The highest BCUT2D eigenvalue weighted by molar-refractivity contribution is 6.33. The molecule has 0 saturated heterocycles. The van der Waals surface area contributed by atoms with E-state index in [1.165, 1.54) is 0 Å². The number of fused-ring (bicyclic) bond motifs is 1. The van der Waals surface area contributed by atoms with Gasteiger partial charge in [-0.05, 0) is 35.2 Å². The number of rotatable bonds is 2. The van der Waals surface area contributed by atoms with Crippen LogP contribution in [0, 0.1) is 6.92 Å². The Morgan fingerprint density at radius 1 is 1.30 bits per heavy atom. The van der Waals surface area contributed by atoms with Crippen molar-refractivity contribution in [1.82, 2.24) is 0 Å². The van der Waals surface area contributed by atoms with Crippen molar-refractivity contribution in [2.24, 2.45) is 5.73 Å². The summed E-state index contributed by atoms with van der Waals surface area (Å²) in [5.74, 6) is 0.00426. The van der Waals surface area contributed by atoms with E-state index in [0.29, 0.717) is 11.4 Å². The second-order valence-electron chi connectivity index (χ2n) is 5.05. The number of carbonyl (C=O) groups excluding carboxylic acids is 1. The van der Waals surface area contributed by atoms with E-state index in [-0.39, 0.29) is 11.9 Å². The Morgan fingerprint density at radius 2 is 2.00 bits per heavy atom. The molecular formula is C16H15ClN2O. The summed E-state index contributed by atoms with van der Waals surface area (Å²) in [5.41, 5.74) is 10.9. The van der Waals surface area contributed by atoms with E-state index in [0.717, 1.165) is 27.9 Å². The summed E-state index contributed by atoms with van der Waals surface area (Å²) in [7, 11) is 0. The lowest BCUT2D eigenvalue weighted by atomic mass is 9.94. The first-order valence-corrected chi connectivity index (χ1v) is 6.88. The molecule has 2 aromatic rings. The Kier molecular flexibility index (Phi) is 3.24. The Labute approximate surface area is 122 Å². The minimum Gasteiger partial charge on any atom is -0.325 e. The molecule has 1 unspecified atom stereocenters. The van der Waals surface area contributed by atoms with E-state index < -0.39 is 0 Å². The summed E-state index contributed by atoms with van der Waals surface area (Å²) in [6, 6.07) is 11.5. The Bertz CT molecular complexity index is 683. The number of hydrogen-bond acceptors (Lipinski definition) is 2. The van der Waals surface area contributed by atoms with Crippen molar-refractivity contribution in [3.63, 3.8) is 0 Å². The fourth-order valence-corrected chi connectivity index (χ4v) is 2.89. The van der Waals surface area contributed by atoms with E-state index in [1.54, 1.807) is 0 Å². The molecule has 0 bridgehead atoms. The van der Waals surface area contributed by atoms with Crippen molar-refractivity contribution in [2.75, 3.05) is 5.32 Å². The first-order chi connectivity index (χ1) is 9.58. The fourth-order valence-electron chi connectivity index (χ4n) is 2.63. The van der Waals surface area contributed by atoms with Crippen LogP contribution in [-0.4, -0.2) is 5.91 Å². The van der Waals surface area contributed by atoms with Crippen molar-refractivity contribution in [1.29, 1.82) is 0 Å². The molecule has 0 aliphatic carbocycles. The van der Waals surface area contributed by atoms with Gasteiger partial charge in [-0.3, -0.25) is 4.79 Å². The monoisotopic (exact) mass is 286 g/mol. The van der Waals surface area contributed by atoms with Gasteiger partial charge in [-0.25, -0.2) is 0 Å². The lowest BCUT2D eigenvalue weighted by Gasteiger charge is -2.18. The molecule has 3 nitrogen and oxygen atoms in total. The molecule has 4 heteroatoms. The van der Waals surface area contributed by atoms with Gasteiger partial charge in [0.25, 0.3) is 0 Å². The molecule has 3 rings (SSSR count). The molecule has 2 aromatic carbocycles. The van der Waals surface area contributed by atoms with Crippen molar-refractivity contribution in [3.8, 4) is 0 Å². The second kappa shape index (κ2) is 4.93. The first-order valence-electron chi connectivity index (χ1n) is 6.50. The average Bonchev–Trinajstić information content (AvgIpc) is 2.84. The predicted molar refractivity (Wildman–Crippen MR) is 81.0 cm³/mol. The summed E-state index contributed by atoms with van der Waals surface area (Å²) < 4.78 is 0. The lowest BCUT2D eigenvalue weighted by Crippen LogP contribution is -2.13. The summed E-state index contributed by atoms with van der Waals surface area (Å²) >= 11 is 6.44. The smallest absolute Gasteiger partial charge is 0.228 e. The van der Waals surface area contributed by atoms with E-state index in [9.17, 15) is 4.79 Å². The maximum Gasteiger partial charge on any atom is 0.228 e. The second-order valence-corrected chi connectivity index (χ2v) is 5.43. The third-order valence-electron chi connectivity index (χ3n) is 3.72. The van der Waals surface area contributed by atoms with Gasteiger partial charge in [0.2, 0.25) is 5.91 Å². The van der Waals surface area contributed by atoms with Gasteiger partial charge in [-0.2, -0.15) is 0 Å². The van der Waals surface area contributed by atoms with E-state index >= 15 is 0 Å². The maximum absolute atomic E-state index is 11.5. The highest BCUT2D eigenvalue weighted by Gasteiger charge is 2.25. The topological polar surface area (TPSA) is 55.1 Å². The van der Waals surface area contributed by atoms with Crippen molar-refractivity contribution in [2.45, 2.75) is 19.4 Å². The molecule has 1 aliphatic rings. The van der Waals surface area contributed by atoms with Crippen molar-refractivity contribution in [3.05, 3.63) is 63.7 Å². The number of halogens is 1. The number of nitrogens with two attached hydrogens (primary N) is 1. The third kappa shape index (κ3) is 2.09. The number of anilines is 1. The Morgan fingerprint density at radius 3 is 2.70 bits per heavy atom. The summed E-state index contributed by atoms with van der Waals surface area (Å²) in [6.07, 6.45) is 0.391. The van der Waals surface area contributed by atoms with Crippen LogP contribution in [-0.2, 0) is 11.2 Å². The van der Waals surface area contributed by atoms with Gasteiger partial charge < -0.3 is 11.1 Å². The van der Waals surface area contributed by atoms with Gasteiger partial charge in [0, 0.05) is 5.69 Å². The molecule has 1 amide bonds. The normalized spacial score (nSPS) is 14.8. The van der Waals surface area contributed by atoms with Crippen molar-refractivity contribution < 1.29 is 4.79 Å². The number of hydrogen-bond donors (Lipinski definition) is 2. The van der Waals surface area contributed by atoms with Crippen LogP contribution >= 0.6 is 11.6 Å². The van der Waals surface area contributed by atoms with Gasteiger partial charge in [0.05, 0.1) is 17.5 Å². The molecule has 102 valence electrons. The van der Waals surface area contributed by atoms with Crippen LogP contribution in [0.1, 0.15) is 28.3 Å². The molecular weight excluding hydrogens is 272 g/mol. The maximum atomic E-state index is 11.5. The van der Waals surface area contributed by atoms with E-state index in [1.807, 2.05) is 43.3 Å². The quantitative estimate of drug-likeness (QED) is 0.891. The van der Waals surface area contributed by atoms with Crippen molar-refractivity contribution >= 4 is 23.2 Å². The summed E-state index contributed by atoms with van der Waals surface area (Å²) in [6.45, 7) is 1.91. The van der Waals surface area contributed by atoms with Crippen LogP contribution in [0.5, 0.6) is 0 Å². The molecule has 0 radical (unpaired) electrons. The number of amides is 1.